The third-order valence-electron chi connectivity index (χ3n) is 7.34. The Morgan fingerprint density at radius 2 is 1.46 bits per heavy atom. The fraction of sp³-hybridized carbons (Fsp3) is 0.955. The lowest BCUT2D eigenvalue weighted by Crippen LogP contribution is -2.53. The molecule has 4 aliphatic carbocycles. The number of ether oxygens (including phenoxy) is 1. The van der Waals surface area contributed by atoms with Gasteiger partial charge in [0.15, 0.2) is 0 Å². The van der Waals surface area contributed by atoms with Crippen LogP contribution in [0.1, 0.15) is 92.9 Å². The Balaban J connectivity index is 1.74. The second-order valence-corrected chi connectivity index (χ2v) is 11.2. The van der Waals surface area contributed by atoms with E-state index in [1.165, 1.54) is 19.3 Å². The predicted octanol–water partition coefficient (Wildman–Crippen LogP) is 5.99. The molecule has 0 radical (unpaired) electrons. The van der Waals surface area contributed by atoms with Gasteiger partial charge in [0.25, 0.3) is 0 Å². The predicted molar refractivity (Wildman–Crippen MR) is 98.6 cm³/mol. The van der Waals surface area contributed by atoms with Gasteiger partial charge in [-0.05, 0) is 73.5 Å². The Kier molecular flexibility index (Phi) is 4.58. The molecule has 0 saturated heterocycles. The molecule has 2 heteroatoms. The van der Waals surface area contributed by atoms with Crippen molar-refractivity contribution in [2.45, 2.75) is 98.5 Å². The van der Waals surface area contributed by atoms with Gasteiger partial charge in [-0.15, -0.1) is 0 Å². The number of carbonyl (C=O) groups is 1. The summed E-state index contributed by atoms with van der Waals surface area (Å²) < 4.78 is 6.39. The molecule has 4 bridgehead atoms. The summed E-state index contributed by atoms with van der Waals surface area (Å²) in [5.41, 5.74) is 0.0515. The minimum atomic E-state index is -0.105. The van der Waals surface area contributed by atoms with Crippen LogP contribution in [0.25, 0.3) is 0 Å². The Morgan fingerprint density at radius 1 is 1.00 bits per heavy atom. The first-order valence-electron chi connectivity index (χ1n) is 10.2. The van der Waals surface area contributed by atoms with Gasteiger partial charge in [-0.1, -0.05) is 48.0 Å². The van der Waals surface area contributed by atoms with E-state index in [2.05, 4.69) is 41.5 Å². The van der Waals surface area contributed by atoms with Crippen molar-refractivity contribution in [1.82, 2.24) is 0 Å². The molecule has 1 atom stereocenters. The Morgan fingerprint density at radius 3 is 1.83 bits per heavy atom. The van der Waals surface area contributed by atoms with Crippen molar-refractivity contribution in [1.29, 1.82) is 0 Å². The summed E-state index contributed by atoms with van der Waals surface area (Å²) in [5.74, 6) is 2.56. The van der Waals surface area contributed by atoms with Gasteiger partial charge in [0.05, 0.1) is 5.92 Å². The van der Waals surface area contributed by atoms with Gasteiger partial charge in [0, 0.05) is 0 Å². The van der Waals surface area contributed by atoms with Crippen molar-refractivity contribution in [2.75, 3.05) is 0 Å². The molecule has 4 rings (SSSR count). The average molecular weight is 335 g/mol. The monoisotopic (exact) mass is 334 g/mol. The summed E-state index contributed by atoms with van der Waals surface area (Å²) >= 11 is 0. The molecule has 138 valence electrons. The maximum absolute atomic E-state index is 13.2. The zero-order valence-corrected chi connectivity index (χ0v) is 16.8. The molecule has 0 aliphatic heterocycles. The molecule has 4 aliphatic rings. The fourth-order valence-corrected chi connectivity index (χ4v) is 5.88. The molecular formula is C22H38O2. The number of carbonyl (C=O) groups excluding carboxylic acids is 1. The van der Waals surface area contributed by atoms with E-state index in [0.717, 1.165) is 49.9 Å². The molecule has 0 N–H and O–H groups in total. The van der Waals surface area contributed by atoms with Crippen LogP contribution in [0.4, 0.5) is 0 Å². The van der Waals surface area contributed by atoms with Crippen molar-refractivity contribution in [3.05, 3.63) is 0 Å². The summed E-state index contributed by atoms with van der Waals surface area (Å²) in [6.07, 6.45) is 9.62. The zero-order chi connectivity index (χ0) is 17.8. The maximum atomic E-state index is 13.2. The van der Waals surface area contributed by atoms with Gasteiger partial charge in [-0.2, -0.15) is 0 Å². The second kappa shape index (κ2) is 6.02. The first-order chi connectivity index (χ1) is 11.0. The first-order valence-corrected chi connectivity index (χ1v) is 10.2. The highest BCUT2D eigenvalue weighted by atomic mass is 16.6. The Labute approximate surface area is 149 Å². The fourth-order valence-electron chi connectivity index (χ4n) is 5.88. The minimum absolute atomic E-state index is 0.000421. The molecule has 0 aromatic carbocycles. The molecule has 4 saturated carbocycles. The normalized spacial score (nSPS) is 36.7. The van der Waals surface area contributed by atoms with Gasteiger partial charge in [0.1, 0.15) is 5.60 Å². The SMILES string of the molecule is CCC(C)(C)CC(C(=O)OC12CC3CC(CC(C3)C1)C2)C(C)(C)C. The Hall–Kier alpha value is -0.530. The number of esters is 1. The van der Waals surface area contributed by atoms with Crippen LogP contribution in [0.2, 0.25) is 0 Å². The lowest BCUT2D eigenvalue weighted by Gasteiger charge is -2.56. The summed E-state index contributed by atoms with van der Waals surface area (Å²) in [6.45, 7) is 13.4. The van der Waals surface area contributed by atoms with Crippen LogP contribution in [-0.2, 0) is 9.53 Å². The highest BCUT2D eigenvalue weighted by molar-refractivity contribution is 5.74. The zero-order valence-electron chi connectivity index (χ0n) is 16.8. The number of rotatable bonds is 5. The van der Waals surface area contributed by atoms with E-state index in [9.17, 15) is 4.79 Å². The largest absolute Gasteiger partial charge is 0.459 e. The van der Waals surface area contributed by atoms with Crippen molar-refractivity contribution >= 4 is 5.97 Å². The topological polar surface area (TPSA) is 26.3 Å². The van der Waals surface area contributed by atoms with Crippen molar-refractivity contribution in [3.8, 4) is 0 Å². The molecular weight excluding hydrogens is 296 g/mol. The summed E-state index contributed by atoms with van der Waals surface area (Å²) in [5, 5.41) is 0. The average Bonchev–Trinajstić information content (AvgIpc) is 2.41. The van der Waals surface area contributed by atoms with Crippen LogP contribution < -0.4 is 0 Å². The quantitative estimate of drug-likeness (QED) is 0.577. The summed E-state index contributed by atoms with van der Waals surface area (Å²) in [6, 6.07) is 0. The summed E-state index contributed by atoms with van der Waals surface area (Å²) in [4.78, 5) is 13.2. The van der Waals surface area contributed by atoms with E-state index in [0.29, 0.717) is 0 Å². The molecule has 1 unspecified atom stereocenters. The standard InChI is InChI=1S/C22H38O2/c1-7-21(5,6)14-18(20(2,3)4)19(23)24-22-11-15-8-16(12-22)10-17(9-15)13-22/h15-18H,7-14H2,1-6H3. The molecule has 0 aromatic heterocycles. The van der Waals surface area contributed by atoms with Gasteiger partial charge >= 0.3 is 5.97 Å². The molecule has 0 amide bonds. The lowest BCUT2D eigenvalue weighted by molar-refractivity contribution is -0.195. The van der Waals surface area contributed by atoms with Crippen molar-refractivity contribution in [3.63, 3.8) is 0 Å². The molecule has 4 fully saturated rings. The highest BCUT2D eigenvalue weighted by Gasteiger charge is 2.54. The van der Waals surface area contributed by atoms with E-state index in [1.54, 1.807) is 0 Å². The van der Waals surface area contributed by atoms with Crippen LogP contribution in [-0.4, -0.2) is 11.6 Å². The van der Waals surface area contributed by atoms with E-state index in [-0.39, 0.29) is 28.3 Å². The Bertz CT molecular complexity index is 447. The van der Waals surface area contributed by atoms with Crippen molar-refractivity contribution < 1.29 is 9.53 Å². The number of hydrogen-bond acceptors (Lipinski definition) is 2. The van der Waals surface area contributed by atoms with Crippen LogP contribution in [0.5, 0.6) is 0 Å². The molecule has 24 heavy (non-hydrogen) atoms. The highest BCUT2D eigenvalue weighted by Crippen LogP contribution is 2.57. The van der Waals surface area contributed by atoms with Crippen LogP contribution in [0.3, 0.4) is 0 Å². The van der Waals surface area contributed by atoms with Gasteiger partial charge < -0.3 is 4.74 Å². The van der Waals surface area contributed by atoms with Crippen LogP contribution in [0.15, 0.2) is 0 Å². The van der Waals surface area contributed by atoms with Crippen LogP contribution in [0, 0.1) is 34.5 Å². The second-order valence-electron chi connectivity index (χ2n) is 11.2. The molecule has 0 aromatic rings. The van der Waals surface area contributed by atoms with E-state index in [4.69, 9.17) is 4.74 Å². The molecule has 0 heterocycles. The summed E-state index contributed by atoms with van der Waals surface area (Å²) in [7, 11) is 0. The number of hydrogen-bond donors (Lipinski definition) is 0. The van der Waals surface area contributed by atoms with Crippen LogP contribution >= 0.6 is 0 Å². The van der Waals surface area contributed by atoms with Crippen molar-refractivity contribution in [2.24, 2.45) is 34.5 Å². The first kappa shape index (κ1) is 18.3. The third-order valence-corrected chi connectivity index (χ3v) is 7.34. The third kappa shape index (κ3) is 3.68. The minimum Gasteiger partial charge on any atom is -0.459 e. The molecule has 2 nitrogen and oxygen atoms in total. The van der Waals surface area contributed by atoms with Gasteiger partial charge in [-0.25, -0.2) is 0 Å². The van der Waals surface area contributed by atoms with Gasteiger partial charge in [-0.3, -0.25) is 4.79 Å². The van der Waals surface area contributed by atoms with Gasteiger partial charge in [0.2, 0.25) is 0 Å². The maximum Gasteiger partial charge on any atom is 0.310 e. The van der Waals surface area contributed by atoms with E-state index in [1.807, 2.05) is 0 Å². The smallest absolute Gasteiger partial charge is 0.310 e. The molecule has 0 spiro atoms. The van der Waals surface area contributed by atoms with E-state index >= 15 is 0 Å². The van der Waals surface area contributed by atoms with E-state index < -0.39 is 0 Å². The lowest BCUT2D eigenvalue weighted by atomic mass is 9.54.